The first-order chi connectivity index (χ1) is 12.6. The molecule has 1 aromatic carbocycles. The van der Waals surface area contributed by atoms with Gasteiger partial charge in [0.2, 0.25) is 5.91 Å². The van der Waals surface area contributed by atoms with Crippen LogP contribution in [0.4, 0.5) is 5.69 Å². The Bertz CT molecular complexity index is 799. The standard InChI is InChI=1S/C18H25N5O3/c1-21(14-7-4-3-5-8-14)10-6-9-19-16(24)13-15-17-20-22(2)18(25)23(17)11-12-26-15/h3-5,7-8,15H,6,9-13H2,1-2H3,(H,19,24). The highest BCUT2D eigenvalue weighted by atomic mass is 16.5. The normalized spacial score (nSPS) is 16.2. The average Bonchev–Trinajstić information content (AvgIpc) is 2.95. The Morgan fingerprint density at radius 3 is 2.92 bits per heavy atom. The topological polar surface area (TPSA) is 81.4 Å². The van der Waals surface area contributed by atoms with Crippen LogP contribution < -0.4 is 15.9 Å². The van der Waals surface area contributed by atoms with E-state index in [1.165, 1.54) is 4.68 Å². The van der Waals surface area contributed by atoms with Gasteiger partial charge in [0.25, 0.3) is 0 Å². The summed E-state index contributed by atoms with van der Waals surface area (Å²) in [6.07, 6.45) is 0.548. The largest absolute Gasteiger partial charge is 0.375 e. The van der Waals surface area contributed by atoms with Gasteiger partial charge >= 0.3 is 5.69 Å². The fraction of sp³-hybridized carbons (Fsp3) is 0.500. The summed E-state index contributed by atoms with van der Waals surface area (Å²) in [7, 11) is 3.64. The van der Waals surface area contributed by atoms with Gasteiger partial charge in [0.15, 0.2) is 5.82 Å². The van der Waals surface area contributed by atoms with Gasteiger partial charge in [-0.2, -0.15) is 5.10 Å². The van der Waals surface area contributed by atoms with Crippen LogP contribution in [0.25, 0.3) is 0 Å². The van der Waals surface area contributed by atoms with Crippen LogP contribution in [-0.4, -0.2) is 47.0 Å². The molecule has 8 nitrogen and oxygen atoms in total. The molecule has 0 saturated carbocycles. The van der Waals surface area contributed by atoms with Gasteiger partial charge in [0.05, 0.1) is 19.6 Å². The molecule has 0 fully saturated rings. The Morgan fingerprint density at radius 1 is 1.38 bits per heavy atom. The number of fused-ring (bicyclic) bond motifs is 1. The minimum Gasteiger partial charge on any atom is -0.375 e. The fourth-order valence-electron chi connectivity index (χ4n) is 3.08. The number of para-hydroxylation sites is 1. The molecule has 1 aliphatic heterocycles. The smallest absolute Gasteiger partial charge is 0.345 e. The SMILES string of the molecule is CN(CCCNC(=O)CC1OCCn2c1nn(C)c2=O)c1ccccc1. The van der Waals surface area contributed by atoms with E-state index in [1.54, 1.807) is 11.6 Å². The van der Waals surface area contributed by atoms with E-state index in [4.69, 9.17) is 4.74 Å². The van der Waals surface area contributed by atoms with Gasteiger partial charge in [0, 0.05) is 32.9 Å². The molecule has 2 aromatic rings. The van der Waals surface area contributed by atoms with Crippen LogP contribution in [0.3, 0.4) is 0 Å². The highest BCUT2D eigenvalue weighted by molar-refractivity contribution is 5.76. The van der Waals surface area contributed by atoms with Crippen LogP contribution in [0, 0.1) is 0 Å². The summed E-state index contributed by atoms with van der Waals surface area (Å²) in [5.41, 5.74) is 0.986. The Hall–Kier alpha value is -2.61. The molecule has 0 radical (unpaired) electrons. The lowest BCUT2D eigenvalue weighted by atomic mass is 10.2. The van der Waals surface area contributed by atoms with Crippen molar-refractivity contribution >= 4 is 11.6 Å². The number of anilines is 1. The van der Waals surface area contributed by atoms with Crippen molar-refractivity contribution in [2.24, 2.45) is 7.05 Å². The lowest BCUT2D eigenvalue weighted by Gasteiger charge is -2.22. The molecule has 0 spiro atoms. The van der Waals surface area contributed by atoms with E-state index in [9.17, 15) is 9.59 Å². The first-order valence-electron chi connectivity index (χ1n) is 8.84. The molecule has 1 N–H and O–H groups in total. The van der Waals surface area contributed by atoms with Gasteiger partial charge in [-0.1, -0.05) is 18.2 Å². The fourth-order valence-corrected chi connectivity index (χ4v) is 3.08. The molecule has 26 heavy (non-hydrogen) atoms. The van der Waals surface area contributed by atoms with Crippen molar-refractivity contribution in [3.8, 4) is 0 Å². The van der Waals surface area contributed by atoms with Crippen LogP contribution in [0.2, 0.25) is 0 Å². The lowest BCUT2D eigenvalue weighted by Crippen LogP contribution is -2.33. The molecule has 2 heterocycles. The van der Waals surface area contributed by atoms with Crippen molar-refractivity contribution in [3.63, 3.8) is 0 Å². The molecule has 140 valence electrons. The van der Waals surface area contributed by atoms with Crippen molar-refractivity contribution in [3.05, 3.63) is 46.6 Å². The van der Waals surface area contributed by atoms with E-state index in [0.717, 1.165) is 18.7 Å². The van der Waals surface area contributed by atoms with Crippen molar-refractivity contribution in [2.75, 3.05) is 31.6 Å². The summed E-state index contributed by atoms with van der Waals surface area (Å²) >= 11 is 0. The van der Waals surface area contributed by atoms with Gasteiger partial charge in [-0.05, 0) is 18.6 Å². The summed E-state index contributed by atoms with van der Waals surface area (Å²) < 4.78 is 8.51. The van der Waals surface area contributed by atoms with Crippen molar-refractivity contribution in [1.82, 2.24) is 19.7 Å². The number of carbonyl (C=O) groups is 1. The molecule has 8 heteroatoms. The van der Waals surface area contributed by atoms with E-state index < -0.39 is 6.10 Å². The summed E-state index contributed by atoms with van der Waals surface area (Å²) in [5, 5.41) is 7.12. The Morgan fingerprint density at radius 2 is 2.15 bits per heavy atom. The van der Waals surface area contributed by atoms with E-state index in [2.05, 4.69) is 27.4 Å². The highest BCUT2D eigenvalue weighted by Gasteiger charge is 2.27. The molecular weight excluding hydrogens is 334 g/mol. The van der Waals surface area contributed by atoms with Gasteiger partial charge in [0.1, 0.15) is 6.10 Å². The number of benzene rings is 1. The molecule has 0 bridgehead atoms. The number of aryl methyl sites for hydroxylation is 1. The Kier molecular flexibility index (Phi) is 5.72. The number of rotatable bonds is 7. The predicted molar refractivity (Wildman–Crippen MR) is 98.1 cm³/mol. The van der Waals surface area contributed by atoms with E-state index >= 15 is 0 Å². The number of nitrogens with zero attached hydrogens (tertiary/aromatic N) is 4. The minimum atomic E-state index is -0.468. The van der Waals surface area contributed by atoms with Crippen LogP contribution in [-0.2, 0) is 23.1 Å². The molecular formula is C18H25N5O3. The number of carbonyl (C=O) groups excluding carboxylic acids is 1. The Labute approximate surface area is 152 Å². The summed E-state index contributed by atoms with van der Waals surface area (Å²) in [6.45, 7) is 2.34. The number of amides is 1. The van der Waals surface area contributed by atoms with Gasteiger partial charge in [-0.3, -0.25) is 9.36 Å². The first kappa shape index (κ1) is 18.2. The maximum absolute atomic E-state index is 12.2. The second kappa shape index (κ2) is 8.18. The quantitative estimate of drug-likeness (QED) is 0.736. The van der Waals surface area contributed by atoms with E-state index in [-0.39, 0.29) is 18.0 Å². The average molecular weight is 359 g/mol. The maximum atomic E-state index is 12.2. The van der Waals surface area contributed by atoms with Crippen LogP contribution in [0.15, 0.2) is 35.1 Å². The third kappa shape index (κ3) is 4.13. The predicted octanol–water partition coefficient (Wildman–Crippen LogP) is 0.686. The highest BCUT2D eigenvalue weighted by Crippen LogP contribution is 2.22. The second-order valence-corrected chi connectivity index (χ2v) is 6.44. The molecule has 1 aliphatic rings. The van der Waals surface area contributed by atoms with Crippen molar-refractivity contribution < 1.29 is 9.53 Å². The van der Waals surface area contributed by atoms with Gasteiger partial charge in [-0.25, -0.2) is 9.48 Å². The van der Waals surface area contributed by atoms with Gasteiger partial charge in [-0.15, -0.1) is 0 Å². The van der Waals surface area contributed by atoms with Gasteiger partial charge < -0.3 is 15.0 Å². The number of ether oxygens (including phenoxy) is 1. The summed E-state index contributed by atoms with van der Waals surface area (Å²) in [5.74, 6) is 0.437. The molecule has 0 aliphatic carbocycles. The minimum absolute atomic E-state index is 0.0936. The third-order valence-electron chi connectivity index (χ3n) is 4.52. The van der Waals surface area contributed by atoms with E-state index in [0.29, 0.717) is 25.5 Å². The zero-order chi connectivity index (χ0) is 18.5. The molecule has 1 amide bonds. The molecule has 1 atom stereocenters. The van der Waals surface area contributed by atoms with Crippen LogP contribution in [0.5, 0.6) is 0 Å². The van der Waals surface area contributed by atoms with Crippen LogP contribution in [0.1, 0.15) is 24.8 Å². The second-order valence-electron chi connectivity index (χ2n) is 6.44. The lowest BCUT2D eigenvalue weighted by molar-refractivity contribution is -0.125. The zero-order valence-electron chi connectivity index (χ0n) is 15.2. The zero-order valence-corrected chi connectivity index (χ0v) is 15.2. The number of hydrogen-bond donors (Lipinski definition) is 1. The van der Waals surface area contributed by atoms with Crippen LogP contribution >= 0.6 is 0 Å². The number of hydrogen-bond acceptors (Lipinski definition) is 5. The molecule has 0 saturated heterocycles. The Balaban J connectivity index is 1.44. The number of nitrogens with one attached hydrogen (secondary N) is 1. The monoisotopic (exact) mass is 359 g/mol. The molecule has 3 rings (SSSR count). The van der Waals surface area contributed by atoms with E-state index in [1.807, 2.05) is 25.2 Å². The number of aromatic nitrogens is 3. The van der Waals surface area contributed by atoms with Crippen molar-refractivity contribution in [2.45, 2.75) is 25.5 Å². The molecule has 1 unspecified atom stereocenters. The third-order valence-corrected chi connectivity index (χ3v) is 4.52. The summed E-state index contributed by atoms with van der Waals surface area (Å²) in [4.78, 5) is 26.3. The first-order valence-corrected chi connectivity index (χ1v) is 8.84. The summed E-state index contributed by atoms with van der Waals surface area (Å²) in [6, 6.07) is 10.1. The maximum Gasteiger partial charge on any atom is 0.345 e. The molecule has 1 aromatic heterocycles. The van der Waals surface area contributed by atoms with Crippen molar-refractivity contribution in [1.29, 1.82) is 0 Å².